The second-order valence-corrected chi connectivity index (χ2v) is 14.4. The van der Waals surface area contributed by atoms with Crippen LogP contribution in [0.4, 0.5) is 14.5 Å². The fourth-order valence-corrected chi connectivity index (χ4v) is 7.58. The molecule has 2 fully saturated rings. The lowest BCUT2D eigenvalue weighted by molar-refractivity contribution is -0.121. The van der Waals surface area contributed by atoms with Crippen LogP contribution in [0, 0.1) is 11.8 Å². The quantitative estimate of drug-likeness (QED) is 0.285. The highest BCUT2D eigenvalue weighted by molar-refractivity contribution is 5.98. The minimum absolute atomic E-state index is 0.0174. The maximum Gasteiger partial charge on any atom is 0.351 e. The maximum atomic E-state index is 14.4. The van der Waals surface area contributed by atoms with Gasteiger partial charge in [0.05, 0.1) is 43.4 Å². The molecule has 7 rings (SSSR count). The first-order valence-electron chi connectivity index (χ1n) is 17.1. The minimum Gasteiger partial charge on any atom is -0.379 e. The van der Waals surface area contributed by atoms with Gasteiger partial charge in [-0.05, 0) is 49.7 Å². The molecule has 3 aromatic heterocycles. The largest absolute Gasteiger partial charge is 0.379 e. The first kappa shape index (κ1) is 33.5. The van der Waals surface area contributed by atoms with Crippen LogP contribution in [-0.2, 0) is 27.9 Å². The number of benzene rings is 1. The molecule has 1 N–H and O–H groups in total. The summed E-state index contributed by atoms with van der Waals surface area (Å²) in [5, 5.41) is 8.34. The number of ether oxygens (including phenoxy) is 1. The van der Waals surface area contributed by atoms with Gasteiger partial charge in [0, 0.05) is 68.2 Å². The van der Waals surface area contributed by atoms with E-state index in [1.807, 2.05) is 24.8 Å². The van der Waals surface area contributed by atoms with Crippen LogP contribution in [-0.4, -0.2) is 105 Å². The van der Waals surface area contributed by atoms with Crippen molar-refractivity contribution in [3.63, 3.8) is 0 Å². The number of nitrogens with one attached hydrogen (secondary N) is 1. The van der Waals surface area contributed by atoms with Gasteiger partial charge in [-0.1, -0.05) is 32.0 Å². The molecule has 260 valence electrons. The molecule has 3 aliphatic rings. The van der Waals surface area contributed by atoms with Crippen LogP contribution in [0.5, 0.6) is 0 Å². The van der Waals surface area contributed by atoms with E-state index in [0.29, 0.717) is 54.9 Å². The van der Waals surface area contributed by atoms with Crippen LogP contribution in [0.25, 0.3) is 5.65 Å². The van der Waals surface area contributed by atoms with E-state index in [2.05, 4.69) is 33.9 Å². The Bertz CT molecular complexity index is 1910. The van der Waals surface area contributed by atoms with Crippen LogP contribution in [0.15, 0.2) is 53.3 Å². The highest BCUT2D eigenvalue weighted by Crippen LogP contribution is 2.42. The average molecular weight is 675 g/mol. The van der Waals surface area contributed by atoms with E-state index >= 15 is 0 Å². The van der Waals surface area contributed by atoms with E-state index in [0.717, 1.165) is 37.3 Å². The second-order valence-electron chi connectivity index (χ2n) is 14.4. The van der Waals surface area contributed by atoms with Gasteiger partial charge in [0.25, 0.3) is 0 Å². The van der Waals surface area contributed by atoms with Gasteiger partial charge in [0.2, 0.25) is 11.9 Å². The van der Waals surface area contributed by atoms with Gasteiger partial charge in [0.1, 0.15) is 5.82 Å². The number of hydrogen-bond acceptors (Lipinski definition) is 8. The Morgan fingerprint density at radius 3 is 2.65 bits per heavy atom. The number of hydrogen-bond donors (Lipinski definition) is 1. The number of carbonyl (C=O) groups excluding carboxylic acids is 1. The summed E-state index contributed by atoms with van der Waals surface area (Å²) in [5.41, 5.74) is 2.77. The van der Waals surface area contributed by atoms with Gasteiger partial charge in [-0.15, -0.1) is 5.10 Å². The molecule has 0 unspecified atom stereocenters. The first-order chi connectivity index (χ1) is 23.5. The standard InChI is InChI=1S/C36H44F2N8O3/c1-23-17-43(29(16-39-23)19-42-12-13-49-21-24(42)2)20-32(47)44-22-36(3,4)33-30(44)15-26(14-25-8-10-27(37)11-9-25)34-41-45(35(48)46(33)34)18-28-6-5-7-31(38)40-28/h5-11,15,23-24,29,39H,12-14,16-22H2,1-4H3/t23-,24-,29-/m1/s1. The lowest BCUT2D eigenvalue weighted by Gasteiger charge is -2.43. The number of piperazine rings is 1. The van der Waals surface area contributed by atoms with Crippen molar-refractivity contribution in [3.8, 4) is 0 Å². The molecule has 2 saturated heterocycles. The smallest absolute Gasteiger partial charge is 0.351 e. The molecule has 11 nitrogen and oxygen atoms in total. The Morgan fingerprint density at radius 2 is 1.90 bits per heavy atom. The van der Waals surface area contributed by atoms with Gasteiger partial charge in [-0.3, -0.25) is 14.6 Å². The number of carbonyl (C=O) groups is 1. The number of nitrogens with zero attached hydrogens (tertiary/aromatic N) is 7. The third kappa shape index (κ3) is 6.77. The summed E-state index contributed by atoms with van der Waals surface area (Å²) in [6.45, 7) is 13.7. The number of anilines is 1. The Labute approximate surface area is 284 Å². The molecule has 1 aromatic carbocycles. The van der Waals surface area contributed by atoms with E-state index in [1.54, 1.807) is 28.7 Å². The van der Waals surface area contributed by atoms with E-state index in [4.69, 9.17) is 9.84 Å². The molecule has 13 heteroatoms. The van der Waals surface area contributed by atoms with E-state index in [1.165, 1.54) is 22.9 Å². The third-order valence-corrected chi connectivity index (χ3v) is 10.1. The summed E-state index contributed by atoms with van der Waals surface area (Å²) in [5.74, 6) is -1.01. The molecule has 0 spiro atoms. The predicted octanol–water partition coefficient (Wildman–Crippen LogP) is 2.82. The molecule has 49 heavy (non-hydrogen) atoms. The molecule has 1 amide bonds. The first-order valence-corrected chi connectivity index (χ1v) is 17.1. The van der Waals surface area contributed by atoms with Crippen LogP contribution in [0.1, 0.15) is 50.2 Å². The number of aromatic nitrogens is 4. The van der Waals surface area contributed by atoms with Gasteiger partial charge < -0.3 is 15.0 Å². The van der Waals surface area contributed by atoms with Crippen molar-refractivity contribution in [2.45, 2.75) is 64.2 Å². The Balaban J connectivity index is 1.26. The SMILES string of the molecule is C[C@@H]1CN(CC(=O)N2CC(C)(C)c3c2cc(Cc2ccc(F)cc2)c2nn(Cc4cccc(F)n4)c(=O)n32)[C@@H](CN2CCOC[C@H]2C)CN1. The number of pyridine rings is 2. The number of rotatable bonds is 8. The van der Waals surface area contributed by atoms with Crippen LogP contribution in [0.2, 0.25) is 0 Å². The highest BCUT2D eigenvalue weighted by Gasteiger charge is 2.43. The van der Waals surface area contributed by atoms with Crippen LogP contribution in [0.3, 0.4) is 0 Å². The molecule has 4 aromatic rings. The zero-order valence-corrected chi connectivity index (χ0v) is 28.5. The zero-order chi connectivity index (χ0) is 34.4. The lowest BCUT2D eigenvalue weighted by Crippen LogP contribution is -2.62. The summed E-state index contributed by atoms with van der Waals surface area (Å²) >= 11 is 0. The molecule has 0 bridgehead atoms. The molecular formula is C36H44F2N8O3. The Hall–Kier alpha value is -4.04. The fraction of sp³-hybridized carbons (Fsp3) is 0.500. The molecular weight excluding hydrogens is 630 g/mol. The molecule has 0 aliphatic carbocycles. The maximum absolute atomic E-state index is 14.4. The molecule has 3 aliphatic heterocycles. The van der Waals surface area contributed by atoms with Crippen molar-refractivity contribution < 1.29 is 18.3 Å². The molecule has 6 heterocycles. The number of halogens is 2. The van der Waals surface area contributed by atoms with E-state index < -0.39 is 17.1 Å². The summed E-state index contributed by atoms with van der Waals surface area (Å²) in [7, 11) is 0. The summed E-state index contributed by atoms with van der Waals surface area (Å²) < 4.78 is 36.3. The van der Waals surface area contributed by atoms with E-state index in [-0.39, 0.29) is 36.9 Å². The zero-order valence-electron chi connectivity index (χ0n) is 28.5. The molecule has 0 radical (unpaired) electrons. The van der Waals surface area contributed by atoms with Crippen molar-refractivity contribution in [2.24, 2.45) is 0 Å². The minimum atomic E-state index is -0.636. The van der Waals surface area contributed by atoms with E-state index in [9.17, 15) is 18.4 Å². The number of morpholine rings is 1. The Kier molecular flexibility index (Phi) is 9.11. The second kappa shape index (κ2) is 13.3. The van der Waals surface area contributed by atoms with Crippen molar-refractivity contribution in [3.05, 3.63) is 93.3 Å². The average Bonchev–Trinajstić information content (AvgIpc) is 3.52. The monoisotopic (exact) mass is 674 g/mol. The van der Waals surface area contributed by atoms with Gasteiger partial charge in [-0.25, -0.2) is 23.3 Å². The summed E-state index contributed by atoms with van der Waals surface area (Å²) in [6, 6.07) is 13.4. The van der Waals surface area contributed by atoms with Gasteiger partial charge in [0.15, 0.2) is 5.65 Å². The van der Waals surface area contributed by atoms with Gasteiger partial charge in [-0.2, -0.15) is 4.39 Å². The molecule has 3 atom stereocenters. The van der Waals surface area contributed by atoms with Crippen molar-refractivity contribution in [1.82, 2.24) is 34.3 Å². The Morgan fingerprint density at radius 1 is 1.10 bits per heavy atom. The van der Waals surface area contributed by atoms with Crippen molar-refractivity contribution in [1.29, 1.82) is 0 Å². The van der Waals surface area contributed by atoms with Gasteiger partial charge >= 0.3 is 5.69 Å². The summed E-state index contributed by atoms with van der Waals surface area (Å²) in [6.07, 6.45) is 0.364. The van der Waals surface area contributed by atoms with Crippen LogP contribution >= 0.6 is 0 Å². The highest BCUT2D eigenvalue weighted by atomic mass is 19.1. The normalized spacial score (nSPS) is 22.9. The van der Waals surface area contributed by atoms with Crippen LogP contribution < -0.4 is 15.9 Å². The number of amides is 1. The third-order valence-electron chi connectivity index (χ3n) is 10.1. The predicted molar refractivity (Wildman–Crippen MR) is 182 cm³/mol. The summed E-state index contributed by atoms with van der Waals surface area (Å²) in [4.78, 5) is 39.1. The number of fused-ring (bicyclic) bond motifs is 3. The van der Waals surface area contributed by atoms with Crippen molar-refractivity contribution >= 4 is 17.2 Å². The fourth-order valence-electron chi connectivity index (χ4n) is 7.58. The lowest BCUT2D eigenvalue weighted by atomic mass is 9.90. The van der Waals surface area contributed by atoms with Crippen molar-refractivity contribution in [2.75, 3.05) is 57.4 Å². The topological polar surface area (TPSA) is 100 Å². The molecule has 0 saturated carbocycles.